The Hall–Kier alpha value is -1.91. The molecule has 1 fully saturated rings. The Balaban J connectivity index is 1.90. The van der Waals surface area contributed by atoms with Crippen molar-refractivity contribution in [1.82, 2.24) is 4.90 Å². The number of amides is 1. The first-order chi connectivity index (χ1) is 9.56. The molecule has 20 heavy (non-hydrogen) atoms. The van der Waals surface area contributed by atoms with Crippen LogP contribution in [0, 0.1) is 11.7 Å². The number of carbonyl (C=O) groups is 2. The van der Waals surface area contributed by atoms with Crippen LogP contribution in [-0.2, 0) is 16.0 Å². The molecule has 0 saturated heterocycles. The summed E-state index contributed by atoms with van der Waals surface area (Å²) in [6.07, 6.45) is 2.37. The van der Waals surface area contributed by atoms with E-state index in [0.717, 1.165) is 18.4 Å². The molecule has 1 aromatic rings. The summed E-state index contributed by atoms with van der Waals surface area (Å²) in [6.45, 7) is 0.722. The maximum Gasteiger partial charge on any atom is 0.305 e. The summed E-state index contributed by atoms with van der Waals surface area (Å²) in [5.74, 6) is -1.06. The van der Waals surface area contributed by atoms with Gasteiger partial charge in [-0.25, -0.2) is 4.39 Å². The first-order valence-electron chi connectivity index (χ1n) is 6.81. The van der Waals surface area contributed by atoms with Gasteiger partial charge >= 0.3 is 5.97 Å². The second kappa shape index (κ2) is 6.50. The number of nitrogens with zero attached hydrogens (tertiary/aromatic N) is 1. The van der Waals surface area contributed by atoms with Crippen LogP contribution in [0.2, 0.25) is 0 Å². The van der Waals surface area contributed by atoms with Crippen molar-refractivity contribution in [3.05, 3.63) is 35.6 Å². The van der Waals surface area contributed by atoms with Crippen molar-refractivity contribution in [3.63, 3.8) is 0 Å². The Labute approximate surface area is 117 Å². The van der Waals surface area contributed by atoms with Crippen LogP contribution in [0.4, 0.5) is 4.39 Å². The van der Waals surface area contributed by atoms with E-state index in [-0.39, 0.29) is 30.6 Å². The van der Waals surface area contributed by atoms with Crippen LogP contribution in [0.25, 0.3) is 0 Å². The van der Waals surface area contributed by atoms with E-state index in [9.17, 15) is 14.0 Å². The summed E-state index contributed by atoms with van der Waals surface area (Å²) in [7, 11) is 0. The molecule has 1 aliphatic rings. The Kier molecular flexibility index (Phi) is 4.71. The average Bonchev–Trinajstić information content (AvgIpc) is 3.24. The van der Waals surface area contributed by atoms with Crippen LogP contribution in [0.3, 0.4) is 0 Å². The summed E-state index contributed by atoms with van der Waals surface area (Å²) in [4.78, 5) is 24.3. The minimum atomic E-state index is -0.902. The lowest BCUT2D eigenvalue weighted by atomic mass is 10.1. The van der Waals surface area contributed by atoms with Crippen molar-refractivity contribution in [1.29, 1.82) is 0 Å². The third-order valence-corrected chi connectivity index (χ3v) is 3.42. The van der Waals surface area contributed by atoms with Crippen molar-refractivity contribution < 1.29 is 19.1 Å². The maximum atomic E-state index is 12.8. The van der Waals surface area contributed by atoms with Gasteiger partial charge in [0, 0.05) is 19.0 Å². The molecular formula is C15H18FNO3. The highest BCUT2D eigenvalue weighted by molar-refractivity contribution is 5.81. The molecule has 0 aliphatic heterocycles. The summed E-state index contributed by atoms with van der Waals surface area (Å²) in [5, 5.41) is 8.73. The van der Waals surface area contributed by atoms with Crippen molar-refractivity contribution in [2.75, 3.05) is 13.1 Å². The van der Waals surface area contributed by atoms with Gasteiger partial charge in [-0.15, -0.1) is 0 Å². The highest BCUT2D eigenvalue weighted by Gasteiger charge is 2.33. The highest BCUT2D eigenvalue weighted by atomic mass is 19.1. The number of benzene rings is 1. The number of carboxylic acids is 1. The molecule has 0 unspecified atom stereocenters. The van der Waals surface area contributed by atoms with Gasteiger partial charge in [0.05, 0.1) is 6.42 Å². The van der Waals surface area contributed by atoms with Crippen LogP contribution in [0.15, 0.2) is 24.3 Å². The summed E-state index contributed by atoms with van der Waals surface area (Å²) in [6, 6.07) is 6.15. The number of hydrogen-bond donors (Lipinski definition) is 1. The molecule has 0 bridgehead atoms. The van der Waals surface area contributed by atoms with Gasteiger partial charge in [-0.2, -0.15) is 0 Å². The van der Waals surface area contributed by atoms with Crippen LogP contribution in [0.5, 0.6) is 0 Å². The first-order valence-corrected chi connectivity index (χ1v) is 6.81. The molecule has 4 nitrogen and oxygen atoms in total. The van der Waals surface area contributed by atoms with E-state index >= 15 is 0 Å². The molecule has 1 N–H and O–H groups in total. The zero-order valence-corrected chi connectivity index (χ0v) is 11.2. The normalized spacial score (nSPS) is 14.1. The smallest absolute Gasteiger partial charge is 0.305 e. The van der Waals surface area contributed by atoms with E-state index in [1.165, 1.54) is 12.1 Å². The topological polar surface area (TPSA) is 57.6 Å². The lowest BCUT2D eigenvalue weighted by Gasteiger charge is -2.22. The average molecular weight is 279 g/mol. The molecule has 1 aromatic carbocycles. The molecule has 0 radical (unpaired) electrons. The van der Waals surface area contributed by atoms with Crippen molar-refractivity contribution in [2.24, 2.45) is 5.92 Å². The fourth-order valence-corrected chi connectivity index (χ4v) is 2.07. The molecule has 2 rings (SSSR count). The second-order valence-electron chi connectivity index (χ2n) is 5.12. The van der Waals surface area contributed by atoms with E-state index in [2.05, 4.69) is 0 Å². The Morgan fingerprint density at radius 3 is 2.40 bits per heavy atom. The number of carboxylic acid groups (broad SMARTS) is 1. The number of aliphatic carboxylic acids is 1. The minimum absolute atomic E-state index is 0.0398. The van der Waals surface area contributed by atoms with E-state index in [1.54, 1.807) is 17.0 Å². The third kappa shape index (κ3) is 4.33. The molecule has 0 heterocycles. The van der Waals surface area contributed by atoms with E-state index in [4.69, 9.17) is 5.11 Å². The van der Waals surface area contributed by atoms with Crippen molar-refractivity contribution in [3.8, 4) is 0 Å². The number of halogens is 1. The summed E-state index contributed by atoms with van der Waals surface area (Å²) < 4.78 is 12.8. The SMILES string of the molecule is O=C(O)CCN(CCc1ccc(F)cc1)C(=O)C1CC1. The summed E-state index contributed by atoms with van der Waals surface area (Å²) >= 11 is 0. The van der Waals surface area contributed by atoms with Gasteiger partial charge in [0.15, 0.2) is 0 Å². The van der Waals surface area contributed by atoms with Crippen LogP contribution < -0.4 is 0 Å². The second-order valence-corrected chi connectivity index (χ2v) is 5.12. The van der Waals surface area contributed by atoms with E-state index < -0.39 is 5.97 Å². The Morgan fingerprint density at radius 1 is 1.20 bits per heavy atom. The lowest BCUT2D eigenvalue weighted by Crippen LogP contribution is -2.35. The zero-order valence-electron chi connectivity index (χ0n) is 11.2. The Bertz CT molecular complexity index is 482. The van der Waals surface area contributed by atoms with Gasteiger partial charge in [-0.3, -0.25) is 9.59 Å². The quantitative estimate of drug-likeness (QED) is 0.831. The predicted octanol–water partition coefficient (Wildman–Crippen LogP) is 2.08. The highest BCUT2D eigenvalue weighted by Crippen LogP contribution is 2.31. The van der Waals surface area contributed by atoms with Gasteiger partial charge in [0.25, 0.3) is 0 Å². The first kappa shape index (κ1) is 14.5. The molecular weight excluding hydrogens is 261 g/mol. The van der Waals surface area contributed by atoms with Gasteiger partial charge < -0.3 is 10.0 Å². The van der Waals surface area contributed by atoms with E-state index in [1.807, 2.05) is 0 Å². The molecule has 1 saturated carbocycles. The molecule has 0 spiro atoms. The zero-order chi connectivity index (χ0) is 14.5. The molecule has 5 heteroatoms. The molecule has 1 aliphatic carbocycles. The van der Waals surface area contributed by atoms with Crippen molar-refractivity contribution >= 4 is 11.9 Å². The van der Waals surface area contributed by atoms with Gasteiger partial charge in [0.1, 0.15) is 5.82 Å². The standard InChI is InChI=1S/C15H18FNO3/c16-13-5-1-11(2-6-13)7-9-17(10-8-14(18)19)15(20)12-3-4-12/h1-2,5-6,12H,3-4,7-10H2,(H,18,19). The van der Waals surface area contributed by atoms with Gasteiger partial charge in [-0.1, -0.05) is 12.1 Å². The lowest BCUT2D eigenvalue weighted by molar-refractivity contribution is -0.138. The third-order valence-electron chi connectivity index (χ3n) is 3.42. The fourth-order valence-electron chi connectivity index (χ4n) is 2.07. The molecule has 0 aromatic heterocycles. The molecule has 0 atom stereocenters. The number of hydrogen-bond acceptors (Lipinski definition) is 2. The largest absolute Gasteiger partial charge is 0.481 e. The molecule has 1 amide bonds. The van der Waals surface area contributed by atoms with Crippen LogP contribution in [0.1, 0.15) is 24.8 Å². The number of rotatable bonds is 7. The Morgan fingerprint density at radius 2 is 1.85 bits per heavy atom. The minimum Gasteiger partial charge on any atom is -0.481 e. The van der Waals surface area contributed by atoms with Crippen molar-refractivity contribution in [2.45, 2.75) is 25.7 Å². The van der Waals surface area contributed by atoms with E-state index in [0.29, 0.717) is 13.0 Å². The monoisotopic (exact) mass is 279 g/mol. The predicted molar refractivity (Wildman–Crippen MR) is 71.7 cm³/mol. The van der Waals surface area contributed by atoms with Crippen LogP contribution >= 0.6 is 0 Å². The summed E-state index contributed by atoms with van der Waals surface area (Å²) in [5.41, 5.74) is 0.940. The fraction of sp³-hybridized carbons (Fsp3) is 0.467. The van der Waals surface area contributed by atoms with Gasteiger partial charge in [-0.05, 0) is 37.0 Å². The number of carbonyl (C=O) groups excluding carboxylic acids is 1. The van der Waals surface area contributed by atoms with Crippen LogP contribution in [-0.4, -0.2) is 35.0 Å². The molecule has 108 valence electrons. The maximum absolute atomic E-state index is 12.8. The van der Waals surface area contributed by atoms with Gasteiger partial charge in [0.2, 0.25) is 5.91 Å².